The molecule has 1 aromatic rings. The van der Waals surface area contributed by atoms with Crippen LogP contribution in [-0.2, 0) is 5.75 Å². The fraction of sp³-hybridized carbons (Fsp3) is 0.250. The average molecular weight is 194 g/mol. The first-order chi connectivity index (χ1) is 3.83. The van der Waals surface area contributed by atoms with Crippen LogP contribution in [0.3, 0.4) is 0 Å². The zero-order valence-corrected chi connectivity index (χ0v) is 6.45. The van der Waals surface area contributed by atoms with Gasteiger partial charge in [-0.3, -0.25) is 0 Å². The second-order valence-electron chi connectivity index (χ2n) is 1.25. The summed E-state index contributed by atoms with van der Waals surface area (Å²) in [7, 11) is 0. The lowest BCUT2D eigenvalue weighted by Crippen LogP contribution is -1.72. The number of halogens is 1. The van der Waals surface area contributed by atoms with Gasteiger partial charge in [-0.2, -0.15) is 12.6 Å². The van der Waals surface area contributed by atoms with Crippen molar-refractivity contribution in [3.8, 4) is 0 Å². The summed E-state index contributed by atoms with van der Waals surface area (Å²) in [4.78, 5) is 4.42. The molecule has 0 atom stereocenters. The Labute approximate surface area is 60.8 Å². The lowest BCUT2D eigenvalue weighted by Gasteiger charge is -1.75. The van der Waals surface area contributed by atoms with Crippen LogP contribution in [0.4, 0.5) is 0 Å². The van der Waals surface area contributed by atoms with Crippen LogP contribution in [0, 0.1) is 0 Å². The first-order valence-electron chi connectivity index (χ1n) is 2.03. The highest BCUT2D eigenvalue weighted by Gasteiger charge is 1.94. The minimum absolute atomic E-state index is 0.515. The standard InChI is InChI=1S/C4H4BrNOS/c5-4-6-3(2-8)1-7-4/h1,8H,2H2. The van der Waals surface area contributed by atoms with E-state index in [-0.39, 0.29) is 0 Å². The highest BCUT2D eigenvalue weighted by Crippen LogP contribution is 2.09. The molecule has 0 aromatic carbocycles. The quantitative estimate of drug-likeness (QED) is 0.690. The van der Waals surface area contributed by atoms with Gasteiger partial charge in [0.15, 0.2) is 0 Å². The summed E-state index contributed by atoms with van der Waals surface area (Å²) >= 11 is 7.04. The molecule has 0 saturated heterocycles. The van der Waals surface area contributed by atoms with Crippen LogP contribution in [0.15, 0.2) is 15.5 Å². The van der Waals surface area contributed by atoms with Crippen LogP contribution in [-0.4, -0.2) is 4.98 Å². The van der Waals surface area contributed by atoms with E-state index in [1.54, 1.807) is 6.26 Å². The average Bonchev–Trinajstić information content (AvgIpc) is 2.14. The van der Waals surface area contributed by atoms with Gasteiger partial charge in [-0.1, -0.05) is 0 Å². The molecule has 4 heteroatoms. The normalized spacial score (nSPS) is 9.75. The lowest BCUT2D eigenvalue weighted by atomic mass is 10.6. The first kappa shape index (κ1) is 6.16. The van der Waals surface area contributed by atoms with Crippen molar-refractivity contribution < 1.29 is 4.42 Å². The van der Waals surface area contributed by atoms with Gasteiger partial charge >= 0.3 is 0 Å². The number of hydrogen-bond donors (Lipinski definition) is 1. The summed E-state index contributed by atoms with van der Waals surface area (Å²) in [6.45, 7) is 0. The van der Waals surface area contributed by atoms with Gasteiger partial charge in [0.2, 0.25) is 0 Å². The van der Waals surface area contributed by atoms with Crippen molar-refractivity contribution in [1.82, 2.24) is 4.98 Å². The van der Waals surface area contributed by atoms with E-state index in [4.69, 9.17) is 4.42 Å². The first-order valence-corrected chi connectivity index (χ1v) is 3.46. The maximum Gasteiger partial charge on any atom is 0.264 e. The molecule has 0 radical (unpaired) electrons. The molecular weight excluding hydrogens is 190 g/mol. The van der Waals surface area contributed by atoms with Crippen LogP contribution in [0.5, 0.6) is 0 Å². The van der Waals surface area contributed by atoms with Crippen molar-refractivity contribution in [2.45, 2.75) is 5.75 Å². The minimum atomic E-state index is 0.515. The molecule has 0 aliphatic carbocycles. The maximum absolute atomic E-state index is 4.81. The van der Waals surface area contributed by atoms with Gasteiger partial charge in [0, 0.05) is 21.7 Å². The molecule has 0 saturated carbocycles. The second kappa shape index (κ2) is 2.55. The van der Waals surface area contributed by atoms with Gasteiger partial charge in [-0.25, -0.2) is 4.98 Å². The number of nitrogens with zero attached hydrogens (tertiary/aromatic N) is 1. The highest BCUT2D eigenvalue weighted by molar-refractivity contribution is 9.10. The third-order valence-electron chi connectivity index (χ3n) is 0.686. The molecule has 8 heavy (non-hydrogen) atoms. The summed E-state index contributed by atoms with van der Waals surface area (Å²) in [5, 5.41) is 0. The Morgan fingerprint density at radius 2 is 2.62 bits per heavy atom. The van der Waals surface area contributed by atoms with E-state index in [0.29, 0.717) is 10.6 Å². The Morgan fingerprint density at radius 3 is 2.88 bits per heavy atom. The molecule has 1 rings (SSSR count). The molecule has 0 aliphatic rings. The van der Waals surface area contributed by atoms with Crippen molar-refractivity contribution in [3.63, 3.8) is 0 Å². The molecule has 1 aromatic heterocycles. The number of thiol groups is 1. The predicted octanol–water partition coefficient (Wildman–Crippen LogP) is 1.87. The topological polar surface area (TPSA) is 26.0 Å². The van der Waals surface area contributed by atoms with Gasteiger partial charge in [-0.05, 0) is 0 Å². The Hall–Kier alpha value is 0.0400. The van der Waals surface area contributed by atoms with Crippen LogP contribution in [0.2, 0.25) is 0 Å². The van der Waals surface area contributed by atoms with Gasteiger partial charge in [-0.15, -0.1) is 0 Å². The number of rotatable bonds is 1. The summed E-state index contributed by atoms with van der Waals surface area (Å²) in [5.74, 6) is 0.620. The predicted molar refractivity (Wildman–Crippen MR) is 36.9 cm³/mol. The summed E-state index contributed by atoms with van der Waals surface area (Å²) in [6.07, 6.45) is 1.57. The van der Waals surface area contributed by atoms with E-state index >= 15 is 0 Å². The molecule has 1 heterocycles. The third kappa shape index (κ3) is 1.26. The van der Waals surface area contributed by atoms with E-state index in [9.17, 15) is 0 Å². The smallest absolute Gasteiger partial charge is 0.264 e. The number of hydrogen-bond acceptors (Lipinski definition) is 3. The zero-order valence-electron chi connectivity index (χ0n) is 3.97. The third-order valence-corrected chi connectivity index (χ3v) is 1.37. The van der Waals surface area contributed by atoms with Crippen LogP contribution in [0.1, 0.15) is 5.69 Å². The number of aromatic nitrogens is 1. The van der Waals surface area contributed by atoms with Crippen LogP contribution in [0.25, 0.3) is 0 Å². The van der Waals surface area contributed by atoms with Crippen LogP contribution >= 0.6 is 28.6 Å². The SMILES string of the molecule is SCc1coc(Br)n1. The van der Waals surface area contributed by atoms with Crippen LogP contribution < -0.4 is 0 Å². The minimum Gasteiger partial charge on any atom is -0.439 e. The van der Waals surface area contributed by atoms with Gasteiger partial charge in [0.05, 0.1) is 5.69 Å². The monoisotopic (exact) mass is 193 g/mol. The second-order valence-corrected chi connectivity index (χ2v) is 2.24. The Bertz CT molecular complexity index is 176. The van der Waals surface area contributed by atoms with E-state index in [1.165, 1.54) is 0 Å². The fourth-order valence-electron chi connectivity index (χ4n) is 0.355. The Balaban J connectivity index is 2.84. The van der Waals surface area contributed by atoms with Crippen molar-refractivity contribution >= 4 is 28.6 Å². The highest BCUT2D eigenvalue weighted by atomic mass is 79.9. The number of oxazole rings is 1. The van der Waals surface area contributed by atoms with Gasteiger partial charge in [0.1, 0.15) is 6.26 Å². The molecule has 2 nitrogen and oxygen atoms in total. The maximum atomic E-state index is 4.81. The molecular formula is C4H4BrNOS. The molecule has 0 spiro atoms. The van der Waals surface area contributed by atoms with Crippen molar-refractivity contribution in [2.24, 2.45) is 0 Å². The van der Waals surface area contributed by atoms with Crippen molar-refractivity contribution in [1.29, 1.82) is 0 Å². The molecule has 44 valence electrons. The fourth-order valence-corrected chi connectivity index (χ4v) is 0.821. The summed E-state index contributed by atoms with van der Waals surface area (Å²) in [6, 6.07) is 0. The molecule has 0 bridgehead atoms. The van der Waals surface area contributed by atoms with Gasteiger partial charge in [0.25, 0.3) is 4.80 Å². The summed E-state index contributed by atoms with van der Waals surface area (Å²) in [5.41, 5.74) is 0.847. The van der Waals surface area contributed by atoms with E-state index in [0.717, 1.165) is 5.69 Å². The molecule has 0 amide bonds. The molecule has 0 aliphatic heterocycles. The molecule has 0 fully saturated rings. The molecule has 0 unspecified atom stereocenters. The summed E-state index contributed by atoms with van der Waals surface area (Å²) < 4.78 is 4.81. The largest absolute Gasteiger partial charge is 0.439 e. The van der Waals surface area contributed by atoms with Crippen molar-refractivity contribution in [2.75, 3.05) is 0 Å². The molecule has 0 N–H and O–H groups in total. The van der Waals surface area contributed by atoms with Crippen molar-refractivity contribution in [3.05, 3.63) is 16.8 Å². The Morgan fingerprint density at radius 1 is 1.88 bits per heavy atom. The van der Waals surface area contributed by atoms with E-state index < -0.39 is 0 Å². The van der Waals surface area contributed by atoms with E-state index in [2.05, 4.69) is 33.5 Å². The van der Waals surface area contributed by atoms with E-state index in [1.807, 2.05) is 0 Å². The Kier molecular flexibility index (Phi) is 1.96. The lowest BCUT2D eigenvalue weighted by molar-refractivity contribution is 0.528. The van der Waals surface area contributed by atoms with Gasteiger partial charge < -0.3 is 4.42 Å². The zero-order chi connectivity index (χ0) is 5.98.